The van der Waals surface area contributed by atoms with Gasteiger partial charge in [-0.1, -0.05) is 17.7 Å². The fourth-order valence-corrected chi connectivity index (χ4v) is 3.73. The first-order chi connectivity index (χ1) is 15.3. The summed E-state index contributed by atoms with van der Waals surface area (Å²) in [4.78, 5) is 38.1. The van der Waals surface area contributed by atoms with E-state index in [4.69, 9.17) is 28.9 Å². The van der Waals surface area contributed by atoms with Gasteiger partial charge in [0.05, 0.1) is 11.3 Å². The van der Waals surface area contributed by atoms with E-state index in [2.05, 4.69) is 5.32 Å². The molecule has 1 fully saturated rings. The average Bonchev–Trinajstić information content (AvgIpc) is 3.22. The standard InChI is InChI=1S/C23H16ClN3O4S/c1-13-4-7-17(12-19(13)24)27-21(29)18(20(28)25-23(27)32)11-16-3-2-10-26(16)15-8-5-14(6-9-15)22(30)31/h2-12H,1H3,(H,30,31)(H,25,28,32)/b18-11+. The Labute approximate surface area is 193 Å². The molecular weight excluding hydrogens is 450 g/mol. The number of nitrogens with zero attached hydrogens (tertiary/aromatic N) is 2. The third-order valence-corrected chi connectivity index (χ3v) is 5.67. The van der Waals surface area contributed by atoms with Crippen molar-refractivity contribution in [2.24, 2.45) is 0 Å². The van der Waals surface area contributed by atoms with Gasteiger partial charge in [0.25, 0.3) is 11.8 Å². The summed E-state index contributed by atoms with van der Waals surface area (Å²) >= 11 is 11.4. The summed E-state index contributed by atoms with van der Waals surface area (Å²) in [5, 5.41) is 12.1. The zero-order chi connectivity index (χ0) is 23.0. The molecule has 0 unspecified atom stereocenters. The molecule has 0 aliphatic carbocycles. The summed E-state index contributed by atoms with van der Waals surface area (Å²) in [5.41, 5.74) is 2.58. The predicted molar refractivity (Wildman–Crippen MR) is 125 cm³/mol. The van der Waals surface area contributed by atoms with Crippen LogP contribution < -0.4 is 10.2 Å². The quantitative estimate of drug-likeness (QED) is 0.345. The van der Waals surface area contributed by atoms with Crippen LogP contribution in [0, 0.1) is 6.92 Å². The van der Waals surface area contributed by atoms with E-state index in [-0.39, 0.29) is 16.2 Å². The number of hydrogen-bond acceptors (Lipinski definition) is 4. The van der Waals surface area contributed by atoms with Crippen LogP contribution in [0.25, 0.3) is 11.8 Å². The largest absolute Gasteiger partial charge is 0.478 e. The molecule has 0 spiro atoms. The van der Waals surface area contributed by atoms with E-state index in [9.17, 15) is 14.4 Å². The molecule has 3 aromatic rings. The van der Waals surface area contributed by atoms with E-state index in [1.165, 1.54) is 23.1 Å². The third-order valence-electron chi connectivity index (χ3n) is 4.98. The molecule has 7 nitrogen and oxygen atoms in total. The summed E-state index contributed by atoms with van der Waals surface area (Å²) in [6, 6.07) is 14.8. The van der Waals surface area contributed by atoms with Crippen LogP contribution in [0.5, 0.6) is 0 Å². The second-order valence-electron chi connectivity index (χ2n) is 7.05. The number of hydrogen-bond donors (Lipinski definition) is 2. The number of thiocarbonyl (C=S) groups is 1. The third kappa shape index (κ3) is 3.93. The number of carboxylic acid groups (broad SMARTS) is 1. The van der Waals surface area contributed by atoms with Crippen molar-refractivity contribution in [1.82, 2.24) is 9.88 Å². The summed E-state index contributed by atoms with van der Waals surface area (Å²) in [6.07, 6.45) is 3.21. The molecule has 9 heteroatoms. The minimum absolute atomic E-state index is 0.0308. The Morgan fingerprint density at radius 2 is 1.78 bits per heavy atom. The van der Waals surface area contributed by atoms with Crippen molar-refractivity contribution in [2.75, 3.05) is 4.90 Å². The van der Waals surface area contributed by atoms with Gasteiger partial charge >= 0.3 is 5.97 Å². The van der Waals surface area contributed by atoms with Gasteiger partial charge in [0.1, 0.15) is 5.57 Å². The Morgan fingerprint density at radius 3 is 2.44 bits per heavy atom. The average molecular weight is 466 g/mol. The first-order valence-electron chi connectivity index (χ1n) is 9.45. The smallest absolute Gasteiger partial charge is 0.335 e. The number of nitrogens with one attached hydrogen (secondary N) is 1. The van der Waals surface area contributed by atoms with Crippen molar-refractivity contribution in [2.45, 2.75) is 6.92 Å². The van der Waals surface area contributed by atoms with Crippen LogP contribution in [0.15, 0.2) is 66.4 Å². The van der Waals surface area contributed by atoms with Gasteiger partial charge in [-0.05, 0) is 79.3 Å². The number of rotatable bonds is 4. The minimum Gasteiger partial charge on any atom is -0.478 e. The van der Waals surface area contributed by atoms with E-state index in [0.717, 1.165) is 5.56 Å². The van der Waals surface area contributed by atoms with Crippen LogP contribution in [-0.4, -0.2) is 32.6 Å². The maximum atomic E-state index is 13.2. The van der Waals surface area contributed by atoms with E-state index in [1.54, 1.807) is 53.2 Å². The Hall–Kier alpha value is -3.75. The van der Waals surface area contributed by atoms with Crippen molar-refractivity contribution in [1.29, 1.82) is 0 Å². The molecular formula is C23H16ClN3O4S. The Morgan fingerprint density at radius 1 is 1.09 bits per heavy atom. The normalized spacial score (nSPS) is 15.2. The summed E-state index contributed by atoms with van der Waals surface area (Å²) in [6.45, 7) is 1.84. The monoisotopic (exact) mass is 465 g/mol. The predicted octanol–water partition coefficient (Wildman–Crippen LogP) is 3.97. The maximum Gasteiger partial charge on any atom is 0.335 e. The number of aryl methyl sites for hydroxylation is 1. The molecule has 0 radical (unpaired) electrons. The van der Waals surface area contributed by atoms with Crippen molar-refractivity contribution >= 4 is 58.5 Å². The molecule has 32 heavy (non-hydrogen) atoms. The first kappa shape index (κ1) is 21.5. The SMILES string of the molecule is Cc1ccc(N2C(=O)/C(=C/c3cccn3-c3ccc(C(=O)O)cc3)C(=O)NC2=S)cc1Cl. The number of halogens is 1. The number of anilines is 1. The van der Waals surface area contributed by atoms with Gasteiger partial charge < -0.3 is 9.67 Å². The van der Waals surface area contributed by atoms with Crippen molar-refractivity contribution in [3.63, 3.8) is 0 Å². The van der Waals surface area contributed by atoms with Crippen LogP contribution in [0.3, 0.4) is 0 Å². The number of aromatic nitrogens is 1. The van der Waals surface area contributed by atoms with Crippen molar-refractivity contribution in [3.8, 4) is 5.69 Å². The number of carboxylic acids is 1. The second kappa shape index (κ2) is 8.41. The molecule has 1 aromatic heterocycles. The van der Waals surface area contributed by atoms with Gasteiger partial charge in [-0.25, -0.2) is 4.79 Å². The van der Waals surface area contributed by atoms with Gasteiger partial charge in [-0.3, -0.25) is 19.8 Å². The molecule has 0 atom stereocenters. The topological polar surface area (TPSA) is 91.6 Å². The molecule has 2 N–H and O–H groups in total. The number of carbonyl (C=O) groups excluding carboxylic acids is 2. The van der Waals surface area contributed by atoms with Gasteiger partial charge in [-0.2, -0.15) is 0 Å². The van der Waals surface area contributed by atoms with Crippen LogP contribution in [-0.2, 0) is 9.59 Å². The lowest BCUT2D eigenvalue weighted by atomic mass is 10.1. The Bertz CT molecular complexity index is 1310. The fraction of sp³-hybridized carbons (Fsp3) is 0.0435. The lowest BCUT2D eigenvalue weighted by Gasteiger charge is -2.29. The first-order valence-corrected chi connectivity index (χ1v) is 10.2. The second-order valence-corrected chi connectivity index (χ2v) is 7.84. The highest BCUT2D eigenvalue weighted by atomic mass is 35.5. The fourth-order valence-electron chi connectivity index (χ4n) is 3.27. The van der Waals surface area contributed by atoms with Gasteiger partial charge in [0.2, 0.25) is 0 Å². The van der Waals surface area contributed by atoms with Crippen molar-refractivity contribution < 1.29 is 19.5 Å². The van der Waals surface area contributed by atoms with E-state index >= 15 is 0 Å². The number of aromatic carboxylic acids is 1. The molecule has 1 aliphatic rings. The van der Waals surface area contributed by atoms with Gasteiger partial charge in [0.15, 0.2) is 5.11 Å². The van der Waals surface area contributed by atoms with E-state index in [1.807, 2.05) is 6.92 Å². The lowest BCUT2D eigenvalue weighted by molar-refractivity contribution is -0.122. The number of benzene rings is 2. The Balaban J connectivity index is 1.72. The lowest BCUT2D eigenvalue weighted by Crippen LogP contribution is -2.54. The van der Waals surface area contributed by atoms with E-state index in [0.29, 0.717) is 22.1 Å². The molecule has 2 aromatic carbocycles. The number of carbonyl (C=O) groups is 3. The zero-order valence-corrected chi connectivity index (χ0v) is 18.3. The van der Waals surface area contributed by atoms with Crippen LogP contribution in [0.4, 0.5) is 5.69 Å². The van der Waals surface area contributed by atoms with E-state index < -0.39 is 17.8 Å². The molecule has 0 saturated carbocycles. The van der Waals surface area contributed by atoms with Gasteiger partial charge in [0, 0.05) is 22.6 Å². The summed E-state index contributed by atoms with van der Waals surface area (Å²) in [5.74, 6) is -2.21. The molecule has 160 valence electrons. The van der Waals surface area contributed by atoms with Crippen LogP contribution in [0.1, 0.15) is 21.6 Å². The molecule has 1 saturated heterocycles. The van der Waals surface area contributed by atoms with Crippen LogP contribution in [0.2, 0.25) is 5.02 Å². The highest BCUT2D eigenvalue weighted by molar-refractivity contribution is 7.80. The zero-order valence-electron chi connectivity index (χ0n) is 16.7. The Kier molecular flexibility index (Phi) is 5.65. The highest BCUT2D eigenvalue weighted by Crippen LogP contribution is 2.27. The molecule has 0 bridgehead atoms. The summed E-state index contributed by atoms with van der Waals surface area (Å²) in [7, 11) is 0. The molecule has 1 aliphatic heterocycles. The molecule has 2 amide bonds. The minimum atomic E-state index is -1.02. The molecule has 4 rings (SSSR count). The maximum absolute atomic E-state index is 13.2. The number of amides is 2. The van der Waals surface area contributed by atoms with Gasteiger partial charge in [-0.15, -0.1) is 0 Å². The van der Waals surface area contributed by atoms with Crippen molar-refractivity contribution in [3.05, 3.63) is 88.2 Å². The highest BCUT2D eigenvalue weighted by Gasteiger charge is 2.34. The summed E-state index contributed by atoms with van der Waals surface area (Å²) < 4.78 is 1.74. The molecule has 2 heterocycles. The van der Waals surface area contributed by atoms with Crippen LogP contribution >= 0.6 is 23.8 Å².